The van der Waals surface area contributed by atoms with Crippen molar-refractivity contribution >= 4 is 29.4 Å². The molecule has 3 heterocycles. The van der Waals surface area contributed by atoms with Gasteiger partial charge in [0.2, 0.25) is 11.9 Å². The summed E-state index contributed by atoms with van der Waals surface area (Å²) in [6, 6.07) is 2.49. The molecule has 1 aliphatic carbocycles. The number of piperidine rings is 1. The molecule has 29 heavy (non-hydrogen) atoms. The molecular formula is C20H31N7OS. The molecular weight excluding hydrogens is 386 g/mol. The Morgan fingerprint density at radius 1 is 1.17 bits per heavy atom. The third kappa shape index (κ3) is 4.44. The Bertz CT molecular complexity index is 849. The lowest BCUT2D eigenvalue weighted by atomic mass is 10.00. The number of hydrogen-bond acceptors (Lipinski definition) is 6. The molecule has 4 rings (SSSR count). The van der Waals surface area contributed by atoms with E-state index in [2.05, 4.69) is 37.0 Å². The van der Waals surface area contributed by atoms with Crippen LogP contribution in [0.4, 0.5) is 11.8 Å². The molecule has 9 heteroatoms. The van der Waals surface area contributed by atoms with Gasteiger partial charge in [0.15, 0.2) is 5.16 Å². The summed E-state index contributed by atoms with van der Waals surface area (Å²) in [6.07, 6.45) is 6.43. The number of nitrogens with one attached hydrogen (secondary N) is 1. The molecule has 0 spiro atoms. The molecule has 1 saturated heterocycles. The zero-order valence-corrected chi connectivity index (χ0v) is 18.5. The van der Waals surface area contributed by atoms with E-state index in [1.165, 1.54) is 24.6 Å². The molecule has 0 radical (unpaired) electrons. The number of aromatic nitrogens is 5. The highest BCUT2D eigenvalue weighted by atomic mass is 32.2. The number of carbonyl (C=O) groups excluding carboxylic acids is 1. The van der Waals surface area contributed by atoms with Gasteiger partial charge in [-0.2, -0.15) is 5.10 Å². The summed E-state index contributed by atoms with van der Waals surface area (Å²) in [4.78, 5) is 15.2. The van der Waals surface area contributed by atoms with Crippen LogP contribution < -0.4 is 10.2 Å². The predicted octanol–water partition coefficient (Wildman–Crippen LogP) is 3.75. The first-order valence-electron chi connectivity index (χ1n) is 10.6. The van der Waals surface area contributed by atoms with Crippen molar-refractivity contribution in [3.63, 3.8) is 0 Å². The Balaban J connectivity index is 1.46. The van der Waals surface area contributed by atoms with Crippen molar-refractivity contribution in [3.8, 4) is 0 Å². The normalized spacial score (nSPS) is 19.0. The molecule has 1 aliphatic heterocycles. The lowest BCUT2D eigenvalue weighted by Gasteiger charge is -2.31. The average Bonchev–Trinajstić information content (AvgIpc) is 3.27. The van der Waals surface area contributed by atoms with Crippen LogP contribution in [0.3, 0.4) is 0 Å². The second-order valence-corrected chi connectivity index (χ2v) is 9.87. The van der Waals surface area contributed by atoms with Gasteiger partial charge >= 0.3 is 0 Å². The molecule has 2 fully saturated rings. The molecule has 8 nitrogen and oxygen atoms in total. The van der Waals surface area contributed by atoms with E-state index in [-0.39, 0.29) is 17.2 Å². The van der Waals surface area contributed by atoms with Crippen molar-refractivity contribution in [1.82, 2.24) is 24.5 Å². The molecule has 1 amide bonds. The first kappa shape index (κ1) is 20.3. The zero-order chi connectivity index (χ0) is 20.5. The van der Waals surface area contributed by atoms with Gasteiger partial charge in [-0.3, -0.25) is 9.36 Å². The van der Waals surface area contributed by atoms with Crippen molar-refractivity contribution in [1.29, 1.82) is 0 Å². The van der Waals surface area contributed by atoms with Crippen LogP contribution in [0.5, 0.6) is 0 Å². The van der Waals surface area contributed by atoms with E-state index in [0.717, 1.165) is 48.8 Å². The van der Waals surface area contributed by atoms with Crippen LogP contribution in [-0.2, 0) is 4.79 Å². The van der Waals surface area contributed by atoms with Gasteiger partial charge in [-0.05, 0) is 52.4 Å². The number of carbonyl (C=O) groups is 1. The maximum absolute atomic E-state index is 12.8. The highest BCUT2D eigenvalue weighted by Gasteiger charge is 2.33. The Morgan fingerprint density at radius 2 is 1.90 bits per heavy atom. The van der Waals surface area contributed by atoms with Gasteiger partial charge in [-0.15, -0.1) is 10.2 Å². The first-order valence-corrected chi connectivity index (χ1v) is 11.5. The van der Waals surface area contributed by atoms with Crippen LogP contribution in [0.2, 0.25) is 0 Å². The third-order valence-corrected chi connectivity index (χ3v) is 6.74. The van der Waals surface area contributed by atoms with Gasteiger partial charge < -0.3 is 10.2 Å². The molecule has 1 saturated carbocycles. The van der Waals surface area contributed by atoms with E-state index in [4.69, 9.17) is 0 Å². The zero-order valence-electron chi connectivity index (χ0n) is 17.7. The topological polar surface area (TPSA) is 80.9 Å². The minimum atomic E-state index is -0.276. The van der Waals surface area contributed by atoms with E-state index >= 15 is 0 Å². The summed E-state index contributed by atoms with van der Waals surface area (Å²) >= 11 is 1.49. The standard InChI is InChI=1S/C20H31N7OS/c1-13(2)27-17(7-10-21-27)22-18(28)15(4)29-20-24-23-19(26(20)16-5-6-16)25-11-8-14(3)9-12-25/h7,10,13-16H,5-6,8-9,11-12H2,1-4H3,(H,22,28). The van der Waals surface area contributed by atoms with Crippen LogP contribution in [0.1, 0.15) is 65.5 Å². The maximum atomic E-state index is 12.8. The summed E-state index contributed by atoms with van der Waals surface area (Å²) < 4.78 is 4.08. The quantitative estimate of drug-likeness (QED) is 0.691. The van der Waals surface area contributed by atoms with Crippen LogP contribution >= 0.6 is 11.8 Å². The smallest absolute Gasteiger partial charge is 0.238 e. The monoisotopic (exact) mass is 417 g/mol. The van der Waals surface area contributed by atoms with Gasteiger partial charge in [0.25, 0.3) is 0 Å². The molecule has 2 aromatic heterocycles. The van der Waals surface area contributed by atoms with E-state index in [0.29, 0.717) is 6.04 Å². The molecule has 2 aliphatic rings. The van der Waals surface area contributed by atoms with Crippen molar-refractivity contribution in [2.75, 3.05) is 23.3 Å². The lowest BCUT2D eigenvalue weighted by Crippen LogP contribution is -2.34. The Hall–Kier alpha value is -2.03. The summed E-state index contributed by atoms with van der Waals surface area (Å²) in [5.41, 5.74) is 0. The molecule has 0 aromatic carbocycles. The molecule has 0 bridgehead atoms. The van der Waals surface area contributed by atoms with Crippen molar-refractivity contribution in [3.05, 3.63) is 12.3 Å². The summed E-state index contributed by atoms with van der Waals surface area (Å²) in [5.74, 6) is 2.44. The average molecular weight is 418 g/mol. The fourth-order valence-electron chi connectivity index (χ4n) is 3.69. The Labute approximate surface area is 176 Å². The van der Waals surface area contributed by atoms with Crippen LogP contribution in [0.15, 0.2) is 17.4 Å². The second kappa shape index (κ2) is 8.38. The molecule has 158 valence electrons. The number of rotatable bonds is 7. The minimum absolute atomic E-state index is 0.0453. The molecule has 1 N–H and O–H groups in total. The van der Waals surface area contributed by atoms with Gasteiger partial charge in [-0.1, -0.05) is 18.7 Å². The number of hydrogen-bond donors (Lipinski definition) is 1. The van der Waals surface area contributed by atoms with Gasteiger partial charge in [0, 0.05) is 31.2 Å². The van der Waals surface area contributed by atoms with Gasteiger partial charge in [-0.25, -0.2) is 4.68 Å². The summed E-state index contributed by atoms with van der Waals surface area (Å²) in [6.45, 7) is 10.4. The molecule has 1 unspecified atom stereocenters. The van der Waals surface area contributed by atoms with Crippen LogP contribution in [-0.4, -0.2) is 48.8 Å². The van der Waals surface area contributed by atoms with E-state index in [1.807, 2.05) is 31.5 Å². The summed E-state index contributed by atoms with van der Waals surface area (Å²) in [5, 5.41) is 16.9. The SMILES string of the molecule is CC1CCN(c2nnc(SC(C)C(=O)Nc3ccnn3C(C)C)n2C2CC2)CC1. The fraction of sp³-hybridized carbons (Fsp3) is 0.700. The number of amides is 1. The largest absolute Gasteiger partial charge is 0.341 e. The van der Waals surface area contributed by atoms with Crippen molar-refractivity contribution in [2.24, 2.45) is 5.92 Å². The minimum Gasteiger partial charge on any atom is -0.341 e. The lowest BCUT2D eigenvalue weighted by molar-refractivity contribution is -0.115. The second-order valence-electron chi connectivity index (χ2n) is 8.56. The number of nitrogens with zero attached hydrogens (tertiary/aromatic N) is 6. The maximum Gasteiger partial charge on any atom is 0.238 e. The fourth-order valence-corrected chi connectivity index (χ4v) is 4.60. The van der Waals surface area contributed by atoms with Gasteiger partial charge in [0.1, 0.15) is 5.82 Å². The number of anilines is 2. The summed E-state index contributed by atoms with van der Waals surface area (Å²) in [7, 11) is 0. The highest BCUT2D eigenvalue weighted by molar-refractivity contribution is 8.00. The van der Waals surface area contributed by atoms with E-state index < -0.39 is 0 Å². The van der Waals surface area contributed by atoms with E-state index in [1.54, 1.807) is 6.20 Å². The van der Waals surface area contributed by atoms with Crippen LogP contribution in [0, 0.1) is 5.92 Å². The molecule has 2 aromatic rings. The number of thioether (sulfide) groups is 1. The van der Waals surface area contributed by atoms with Gasteiger partial charge in [0.05, 0.1) is 11.4 Å². The third-order valence-electron chi connectivity index (χ3n) is 5.69. The van der Waals surface area contributed by atoms with E-state index in [9.17, 15) is 4.79 Å². The van der Waals surface area contributed by atoms with Crippen LogP contribution in [0.25, 0.3) is 0 Å². The van der Waals surface area contributed by atoms with Crippen molar-refractivity contribution < 1.29 is 4.79 Å². The molecule has 1 atom stereocenters. The van der Waals surface area contributed by atoms with Crippen molar-refractivity contribution in [2.45, 2.75) is 75.9 Å². The Morgan fingerprint density at radius 3 is 2.55 bits per heavy atom. The predicted molar refractivity (Wildman–Crippen MR) is 115 cm³/mol. The highest BCUT2D eigenvalue weighted by Crippen LogP contribution is 2.42. The Kier molecular flexibility index (Phi) is 5.85. The first-order chi connectivity index (χ1) is 13.9.